The zero-order valence-electron chi connectivity index (χ0n) is 12.1. The van der Waals surface area contributed by atoms with Crippen molar-refractivity contribution in [3.63, 3.8) is 0 Å². The van der Waals surface area contributed by atoms with Gasteiger partial charge in [0.25, 0.3) is 5.91 Å². The van der Waals surface area contributed by atoms with E-state index >= 15 is 0 Å². The Labute approximate surface area is 123 Å². The highest BCUT2D eigenvalue weighted by molar-refractivity contribution is 5.93. The van der Waals surface area contributed by atoms with Gasteiger partial charge in [-0.1, -0.05) is 24.0 Å². The quantitative estimate of drug-likeness (QED) is 0.856. The van der Waals surface area contributed by atoms with Gasteiger partial charge in [0.15, 0.2) is 0 Å². The van der Waals surface area contributed by atoms with Crippen LogP contribution in [0.2, 0.25) is 0 Å². The second-order valence-electron chi connectivity index (χ2n) is 4.72. The number of aromatic nitrogens is 2. The number of amides is 1. The molecule has 0 saturated carbocycles. The van der Waals surface area contributed by atoms with Crippen molar-refractivity contribution in [3.05, 3.63) is 53.3 Å². The van der Waals surface area contributed by atoms with Crippen LogP contribution in [0.4, 0.5) is 0 Å². The fourth-order valence-corrected chi connectivity index (χ4v) is 1.93. The molecule has 0 aliphatic rings. The molecule has 2 rings (SSSR count). The van der Waals surface area contributed by atoms with Crippen molar-refractivity contribution < 1.29 is 9.90 Å². The lowest BCUT2D eigenvalue weighted by Gasteiger charge is -2.16. The second kappa shape index (κ2) is 6.73. The van der Waals surface area contributed by atoms with Crippen LogP contribution >= 0.6 is 0 Å². The first kappa shape index (κ1) is 14.8. The molecule has 1 aromatic carbocycles. The number of nitrogens with zero attached hydrogens (tertiary/aromatic N) is 3. The highest BCUT2D eigenvalue weighted by Gasteiger charge is 2.13. The summed E-state index contributed by atoms with van der Waals surface area (Å²) < 4.78 is 1.61. The fourth-order valence-electron chi connectivity index (χ4n) is 1.93. The summed E-state index contributed by atoms with van der Waals surface area (Å²) in [5.74, 6) is 5.37. The number of aryl methyl sites for hydroxylation is 1. The van der Waals surface area contributed by atoms with E-state index in [9.17, 15) is 4.79 Å². The SMILES string of the molecule is CN(Cc1ccc(C#CCO)cc1)C(=O)c1cnn(C)c1. The van der Waals surface area contributed by atoms with Crippen molar-refractivity contribution in [1.82, 2.24) is 14.7 Å². The van der Waals surface area contributed by atoms with Gasteiger partial charge in [0.05, 0.1) is 11.8 Å². The van der Waals surface area contributed by atoms with Gasteiger partial charge in [0.2, 0.25) is 0 Å². The predicted molar refractivity (Wildman–Crippen MR) is 79.4 cm³/mol. The van der Waals surface area contributed by atoms with E-state index in [0.717, 1.165) is 11.1 Å². The standard InChI is InChI=1S/C16H17N3O2/c1-18(16(21)15-10-17-19(2)12-15)11-14-7-5-13(6-8-14)4-3-9-20/h5-8,10,12,20H,9,11H2,1-2H3. The molecule has 21 heavy (non-hydrogen) atoms. The number of hydrogen-bond donors (Lipinski definition) is 1. The third-order valence-electron chi connectivity index (χ3n) is 2.98. The molecule has 0 radical (unpaired) electrons. The summed E-state index contributed by atoms with van der Waals surface area (Å²) in [5, 5.41) is 12.6. The summed E-state index contributed by atoms with van der Waals surface area (Å²) in [6.07, 6.45) is 3.26. The van der Waals surface area contributed by atoms with Gasteiger partial charge in [0.1, 0.15) is 6.61 Å². The Morgan fingerprint density at radius 1 is 1.38 bits per heavy atom. The van der Waals surface area contributed by atoms with Crippen LogP contribution in [0.15, 0.2) is 36.7 Å². The summed E-state index contributed by atoms with van der Waals surface area (Å²) >= 11 is 0. The number of rotatable bonds is 3. The zero-order chi connectivity index (χ0) is 15.2. The summed E-state index contributed by atoms with van der Waals surface area (Å²) in [6, 6.07) is 7.60. The topological polar surface area (TPSA) is 58.4 Å². The molecule has 0 aliphatic heterocycles. The Bertz CT molecular complexity index is 678. The van der Waals surface area contributed by atoms with E-state index in [2.05, 4.69) is 16.9 Å². The van der Waals surface area contributed by atoms with Crippen molar-refractivity contribution in [2.24, 2.45) is 7.05 Å². The number of benzene rings is 1. The Balaban J connectivity index is 2.02. The second-order valence-corrected chi connectivity index (χ2v) is 4.72. The normalized spacial score (nSPS) is 9.86. The van der Waals surface area contributed by atoms with Crippen molar-refractivity contribution in [2.45, 2.75) is 6.54 Å². The average molecular weight is 283 g/mol. The molecular weight excluding hydrogens is 266 g/mol. The largest absolute Gasteiger partial charge is 0.384 e. The zero-order valence-corrected chi connectivity index (χ0v) is 12.1. The lowest BCUT2D eigenvalue weighted by molar-refractivity contribution is 0.0785. The lowest BCUT2D eigenvalue weighted by Crippen LogP contribution is -2.25. The minimum Gasteiger partial charge on any atom is -0.384 e. The van der Waals surface area contributed by atoms with Gasteiger partial charge >= 0.3 is 0 Å². The molecule has 5 heteroatoms. The Morgan fingerprint density at radius 2 is 2.10 bits per heavy atom. The van der Waals surface area contributed by atoms with Crippen LogP contribution in [0, 0.1) is 11.8 Å². The number of aliphatic hydroxyl groups is 1. The van der Waals surface area contributed by atoms with Gasteiger partial charge in [-0.05, 0) is 17.7 Å². The molecule has 0 fully saturated rings. The first-order valence-electron chi connectivity index (χ1n) is 6.53. The minimum absolute atomic E-state index is 0.0627. The number of carbonyl (C=O) groups excluding carboxylic acids is 1. The van der Waals surface area contributed by atoms with Crippen LogP contribution < -0.4 is 0 Å². The Kier molecular flexibility index (Phi) is 4.75. The van der Waals surface area contributed by atoms with Gasteiger partial charge in [0, 0.05) is 32.4 Å². The van der Waals surface area contributed by atoms with Crippen molar-refractivity contribution >= 4 is 5.91 Å². The fraction of sp³-hybridized carbons (Fsp3) is 0.250. The number of hydrogen-bond acceptors (Lipinski definition) is 3. The first-order chi connectivity index (χ1) is 10.1. The maximum absolute atomic E-state index is 12.2. The van der Waals surface area contributed by atoms with Crippen LogP contribution in [0.5, 0.6) is 0 Å². The van der Waals surface area contributed by atoms with Gasteiger partial charge in [-0.15, -0.1) is 0 Å². The lowest BCUT2D eigenvalue weighted by atomic mass is 10.1. The van der Waals surface area contributed by atoms with E-state index in [1.807, 2.05) is 24.3 Å². The van der Waals surface area contributed by atoms with E-state index in [0.29, 0.717) is 12.1 Å². The van der Waals surface area contributed by atoms with E-state index < -0.39 is 0 Å². The molecule has 1 heterocycles. The third kappa shape index (κ3) is 3.94. The molecule has 1 N–H and O–H groups in total. The van der Waals surface area contributed by atoms with Crippen molar-refractivity contribution in [1.29, 1.82) is 0 Å². The number of aliphatic hydroxyl groups excluding tert-OH is 1. The molecule has 5 nitrogen and oxygen atoms in total. The summed E-state index contributed by atoms with van der Waals surface area (Å²) in [4.78, 5) is 13.8. The predicted octanol–water partition coefficient (Wildman–Crippen LogP) is 1.04. The molecule has 0 bridgehead atoms. The van der Waals surface area contributed by atoms with Gasteiger partial charge in [-0.25, -0.2) is 0 Å². The third-order valence-corrected chi connectivity index (χ3v) is 2.98. The smallest absolute Gasteiger partial charge is 0.257 e. The van der Waals surface area contributed by atoms with Gasteiger partial charge < -0.3 is 10.0 Å². The molecule has 0 aliphatic carbocycles. The molecule has 0 spiro atoms. The van der Waals surface area contributed by atoms with E-state index in [1.54, 1.807) is 36.1 Å². The van der Waals surface area contributed by atoms with E-state index in [-0.39, 0.29) is 12.5 Å². The minimum atomic E-state index is -0.149. The maximum Gasteiger partial charge on any atom is 0.257 e. The van der Waals surface area contributed by atoms with Crippen LogP contribution in [0.25, 0.3) is 0 Å². The molecular formula is C16H17N3O2. The van der Waals surface area contributed by atoms with E-state index in [1.165, 1.54) is 0 Å². The number of carbonyl (C=O) groups is 1. The molecule has 0 atom stereocenters. The first-order valence-corrected chi connectivity index (χ1v) is 6.53. The molecule has 0 unspecified atom stereocenters. The molecule has 2 aromatic rings. The van der Waals surface area contributed by atoms with Crippen LogP contribution in [0.1, 0.15) is 21.5 Å². The van der Waals surface area contributed by atoms with Crippen LogP contribution in [0.3, 0.4) is 0 Å². The molecule has 108 valence electrons. The van der Waals surface area contributed by atoms with Gasteiger partial charge in [-0.2, -0.15) is 5.10 Å². The molecule has 0 saturated heterocycles. The summed E-state index contributed by atoms with van der Waals surface area (Å²) in [5.41, 5.74) is 2.43. The highest BCUT2D eigenvalue weighted by Crippen LogP contribution is 2.09. The van der Waals surface area contributed by atoms with Crippen LogP contribution in [-0.2, 0) is 13.6 Å². The monoisotopic (exact) mass is 283 g/mol. The van der Waals surface area contributed by atoms with E-state index in [4.69, 9.17) is 5.11 Å². The highest BCUT2D eigenvalue weighted by atomic mass is 16.2. The van der Waals surface area contributed by atoms with Gasteiger partial charge in [-0.3, -0.25) is 9.48 Å². The molecule has 1 aromatic heterocycles. The average Bonchev–Trinajstić information content (AvgIpc) is 2.92. The Morgan fingerprint density at radius 3 is 2.67 bits per heavy atom. The van der Waals surface area contributed by atoms with Crippen LogP contribution in [-0.4, -0.2) is 39.3 Å². The molecule has 1 amide bonds. The maximum atomic E-state index is 12.2. The Hall–Kier alpha value is -2.58. The van der Waals surface area contributed by atoms with Crippen molar-refractivity contribution in [2.75, 3.05) is 13.7 Å². The van der Waals surface area contributed by atoms with Crippen molar-refractivity contribution in [3.8, 4) is 11.8 Å². The summed E-state index contributed by atoms with van der Waals surface area (Å²) in [7, 11) is 3.54. The summed E-state index contributed by atoms with van der Waals surface area (Å²) in [6.45, 7) is 0.367.